The number of aromatic nitrogens is 1. The molecule has 0 fully saturated rings. The molecule has 0 unspecified atom stereocenters. The smallest absolute Gasteiger partial charge is 0.328 e. The number of hydrogen-bond donors (Lipinski definition) is 1. The molecule has 0 atom stereocenters. The third-order valence-corrected chi connectivity index (χ3v) is 2.00. The van der Waals surface area contributed by atoms with Gasteiger partial charge in [-0.15, -0.1) is 0 Å². The first-order chi connectivity index (χ1) is 8.72. The molecule has 0 aliphatic heterocycles. The van der Waals surface area contributed by atoms with Gasteiger partial charge in [-0.1, -0.05) is 6.92 Å². The van der Waals surface area contributed by atoms with Crippen molar-refractivity contribution in [3.63, 3.8) is 0 Å². The van der Waals surface area contributed by atoms with Gasteiger partial charge in [0.25, 0.3) is 0 Å². The second-order valence-electron chi connectivity index (χ2n) is 3.55. The first-order valence-corrected chi connectivity index (χ1v) is 5.80. The largest absolute Gasteiger partial charge is 0.490 e. The average molecular weight is 251 g/mol. The maximum absolute atomic E-state index is 10.3. The van der Waals surface area contributed by atoms with E-state index in [1.807, 2.05) is 6.92 Å². The lowest BCUT2D eigenvalue weighted by atomic mass is 10.3. The maximum atomic E-state index is 10.3. The number of carboxylic acid groups (broad SMARTS) is 1. The van der Waals surface area contributed by atoms with Crippen LogP contribution in [-0.4, -0.2) is 35.9 Å². The molecule has 0 amide bonds. The number of carbonyl (C=O) groups is 1. The van der Waals surface area contributed by atoms with Gasteiger partial charge in [0.15, 0.2) is 0 Å². The van der Waals surface area contributed by atoms with Gasteiger partial charge in [0.1, 0.15) is 12.4 Å². The molecule has 5 nitrogen and oxygen atoms in total. The van der Waals surface area contributed by atoms with E-state index in [0.717, 1.165) is 19.1 Å². The molecule has 0 aromatic carbocycles. The van der Waals surface area contributed by atoms with Crippen molar-refractivity contribution in [1.82, 2.24) is 4.98 Å². The number of aliphatic carboxylic acids is 1. The Kier molecular flexibility index (Phi) is 6.50. The van der Waals surface area contributed by atoms with E-state index >= 15 is 0 Å². The molecular weight excluding hydrogens is 234 g/mol. The lowest BCUT2D eigenvalue weighted by Gasteiger charge is -2.06. The van der Waals surface area contributed by atoms with Crippen LogP contribution < -0.4 is 4.74 Å². The van der Waals surface area contributed by atoms with E-state index in [1.54, 1.807) is 18.3 Å². The molecule has 98 valence electrons. The lowest BCUT2D eigenvalue weighted by molar-refractivity contribution is -0.131. The molecule has 18 heavy (non-hydrogen) atoms. The summed E-state index contributed by atoms with van der Waals surface area (Å²) in [5, 5.41) is 8.46. The summed E-state index contributed by atoms with van der Waals surface area (Å²) in [4.78, 5) is 14.4. The highest BCUT2D eigenvalue weighted by atomic mass is 16.5. The summed E-state index contributed by atoms with van der Waals surface area (Å²) >= 11 is 0. The Labute approximate surface area is 106 Å². The first-order valence-electron chi connectivity index (χ1n) is 5.80. The standard InChI is InChI=1S/C13H17NO4/c1-2-7-17-8-9-18-12-5-3-11(14-10-12)4-6-13(15)16/h3-6,10H,2,7-9H2,1H3,(H,15,16)/b6-4+. The van der Waals surface area contributed by atoms with Crippen LogP contribution in [0.2, 0.25) is 0 Å². The Hall–Kier alpha value is -1.88. The minimum absolute atomic E-state index is 0.478. The number of nitrogens with zero attached hydrogens (tertiary/aromatic N) is 1. The minimum atomic E-state index is -0.995. The van der Waals surface area contributed by atoms with E-state index < -0.39 is 5.97 Å². The number of hydrogen-bond acceptors (Lipinski definition) is 4. The zero-order chi connectivity index (χ0) is 13.2. The topological polar surface area (TPSA) is 68.7 Å². The Morgan fingerprint density at radius 3 is 2.83 bits per heavy atom. The van der Waals surface area contributed by atoms with Crippen molar-refractivity contribution in [3.05, 3.63) is 30.1 Å². The van der Waals surface area contributed by atoms with Crippen molar-refractivity contribution < 1.29 is 19.4 Å². The van der Waals surface area contributed by atoms with Crippen molar-refractivity contribution in [1.29, 1.82) is 0 Å². The van der Waals surface area contributed by atoms with Crippen LogP contribution in [0.3, 0.4) is 0 Å². The first kappa shape index (κ1) is 14.2. The number of rotatable bonds is 8. The summed E-state index contributed by atoms with van der Waals surface area (Å²) in [5.41, 5.74) is 0.576. The van der Waals surface area contributed by atoms with Crippen LogP contribution in [0.25, 0.3) is 6.08 Å². The minimum Gasteiger partial charge on any atom is -0.490 e. The Bertz CT molecular complexity index is 386. The zero-order valence-corrected chi connectivity index (χ0v) is 10.3. The molecule has 1 aromatic rings. The van der Waals surface area contributed by atoms with Gasteiger partial charge in [-0.25, -0.2) is 4.79 Å². The van der Waals surface area contributed by atoms with E-state index in [4.69, 9.17) is 14.6 Å². The number of pyridine rings is 1. The highest BCUT2D eigenvalue weighted by molar-refractivity contribution is 5.84. The molecule has 1 N–H and O–H groups in total. The maximum Gasteiger partial charge on any atom is 0.328 e. The fourth-order valence-corrected chi connectivity index (χ4v) is 1.20. The lowest BCUT2D eigenvalue weighted by Crippen LogP contribution is -2.07. The van der Waals surface area contributed by atoms with E-state index in [1.165, 1.54) is 6.08 Å². The van der Waals surface area contributed by atoms with Crippen LogP contribution in [0.15, 0.2) is 24.4 Å². The second-order valence-corrected chi connectivity index (χ2v) is 3.55. The van der Waals surface area contributed by atoms with Crippen LogP contribution in [0.1, 0.15) is 19.0 Å². The molecule has 0 aliphatic carbocycles. The molecule has 0 bridgehead atoms. The Morgan fingerprint density at radius 1 is 1.39 bits per heavy atom. The predicted molar refractivity (Wildman–Crippen MR) is 67.5 cm³/mol. The zero-order valence-electron chi connectivity index (χ0n) is 10.3. The average Bonchev–Trinajstić information content (AvgIpc) is 2.37. The van der Waals surface area contributed by atoms with Gasteiger partial charge in [-0.05, 0) is 24.6 Å². The van der Waals surface area contributed by atoms with Crippen molar-refractivity contribution in [2.45, 2.75) is 13.3 Å². The monoisotopic (exact) mass is 251 g/mol. The molecule has 0 saturated heterocycles. The van der Waals surface area contributed by atoms with Crippen molar-refractivity contribution in [3.8, 4) is 5.75 Å². The normalized spacial score (nSPS) is 10.7. The van der Waals surface area contributed by atoms with Crippen molar-refractivity contribution in [2.24, 2.45) is 0 Å². The van der Waals surface area contributed by atoms with Crippen LogP contribution in [0.5, 0.6) is 5.75 Å². The van der Waals surface area contributed by atoms with Crippen LogP contribution in [0.4, 0.5) is 0 Å². The highest BCUT2D eigenvalue weighted by Crippen LogP contribution is 2.09. The predicted octanol–water partition coefficient (Wildman–Crippen LogP) is 1.98. The SMILES string of the molecule is CCCOCCOc1ccc(/C=C/C(=O)O)nc1. The van der Waals surface area contributed by atoms with Gasteiger partial charge in [0, 0.05) is 12.7 Å². The van der Waals surface area contributed by atoms with Crippen LogP contribution in [-0.2, 0) is 9.53 Å². The summed E-state index contributed by atoms with van der Waals surface area (Å²) in [6.45, 7) is 3.81. The van der Waals surface area contributed by atoms with Gasteiger partial charge in [-0.3, -0.25) is 4.98 Å². The van der Waals surface area contributed by atoms with Gasteiger partial charge in [0.05, 0.1) is 18.5 Å². The van der Waals surface area contributed by atoms with E-state index in [0.29, 0.717) is 24.7 Å². The molecule has 1 aromatic heterocycles. The Balaban J connectivity index is 2.34. The molecule has 1 heterocycles. The summed E-state index contributed by atoms with van der Waals surface area (Å²) in [6, 6.07) is 3.44. The summed E-state index contributed by atoms with van der Waals surface area (Å²) in [7, 11) is 0. The van der Waals surface area contributed by atoms with Crippen molar-refractivity contribution >= 4 is 12.0 Å². The fraction of sp³-hybridized carbons (Fsp3) is 0.385. The Morgan fingerprint density at radius 2 is 2.22 bits per heavy atom. The summed E-state index contributed by atoms with van der Waals surface area (Å²) < 4.78 is 10.7. The van der Waals surface area contributed by atoms with Crippen LogP contribution in [0, 0.1) is 0 Å². The molecular formula is C13H17NO4. The van der Waals surface area contributed by atoms with E-state index in [2.05, 4.69) is 4.98 Å². The van der Waals surface area contributed by atoms with E-state index in [-0.39, 0.29) is 0 Å². The summed E-state index contributed by atoms with van der Waals surface area (Å²) in [6.07, 6.45) is 5.02. The molecule has 0 saturated carbocycles. The summed E-state index contributed by atoms with van der Waals surface area (Å²) in [5.74, 6) is -0.354. The van der Waals surface area contributed by atoms with Gasteiger partial charge < -0.3 is 14.6 Å². The number of carboxylic acids is 1. The van der Waals surface area contributed by atoms with Gasteiger partial charge >= 0.3 is 5.97 Å². The molecule has 1 rings (SSSR count). The fourth-order valence-electron chi connectivity index (χ4n) is 1.20. The third-order valence-electron chi connectivity index (χ3n) is 2.00. The van der Waals surface area contributed by atoms with Crippen molar-refractivity contribution in [2.75, 3.05) is 19.8 Å². The van der Waals surface area contributed by atoms with Gasteiger partial charge in [0.2, 0.25) is 0 Å². The molecule has 0 aliphatic rings. The molecule has 0 radical (unpaired) electrons. The van der Waals surface area contributed by atoms with Crippen LogP contribution >= 0.6 is 0 Å². The van der Waals surface area contributed by atoms with E-state index in [9.17, 15) is 4.79 Å². The third kappa shape index (κ3) is 6.00. The molecule has 5 heteroatoms. The number of ether oxygens (including phenoxy) is 2. The van der Waals surface area contributed by atoms with Gasteiger partial charge in [-0.2, -0.15) is 0 Å². The highest BCUT2D eigenvalue weighted by Gasteiger charge is 1.95. The second kappa shape index (κ2) is 8.25. The quantitative estimate of drug-likeness (QED) is 0.565. The molecule has 0 spiro atoms.